The molecule has 4 rings (SSSR count). The van der Waals surface area contributed by atoms with E-state index in [2.05, 4.69) is 0 Å². The van der Waals surface area contributed by atoms with Gasteiger partial charge in [0.1, 0.15) is 0 Å². The van der Waals surface area contributed by atoms with Crippen LogP contribution in [0.15, 0.2) is 53.3 Å². The first kappa shape index (κ1) is 15.1. The van der Waals surface area contributed by atoms with Crippen LogP contribution in [0, 0.1) is 0 Å². The van der Waals surface area contributed by atoms with Crippen LogP contribution in [0.3, 0.4) is 0 Å². The van der Waals surface area contributed by atoms with Crippen LogP contribution in [-0.2, 0) is 4.74 Å². The Morgan fingerprint density at radius 1 is 1.00 bits per heavy atom. The molecule has 2 heterocycles. The van der Waals surface area contributed by atoms with Gasteiger partial charge in [0.05, 0.1) is 34.6 Å². The maximum atomic E-state index is 12.9. The number of hydrogen-bond donors (Lipinski definition) is 0. The molecule has 3 aromatic rings. The molecule has 0 bridgehead atoms. The molecular weight excluding hydrogens is 324 g/mol. The lowest BCUT2D eigenvalue weighted by Crippen LogP contribution is -2.41. The third-order valence-electron chi connectivity index (χ3n) is 4.14. The lowest BCUT2D eigenvalue weighted by Gasteiger charge is -2.27. The Bertz CT molecular complexity index is 954. The van der Waals surface area contributed by atoms with E-state index in [0.29, 0.717) is 42.9 Å². The van der Waals surface area contributed by atoms with Crippen molar-refractivity contribution in [2.75, 3.05) is 26.3 Å². The molecule has 1 fully saturated rings. The minimum absolute atomic E-state index is 0.0572. The van der Waals surface area contributed by atoms with Crippen LogP contribution in [0.5, 0.6) is 0 Å². The van der Waals surface area contributed by atoms with Crippen molar-refractivity contribution in [2.45, 2.75) is 0 Å². The second-order valence-corrected chi connectivity index (χ2v) is 6.60. The van der Waals surface area contributed by atoms with E-state index in [-0.39, 0.29) is 11.5 Å². The van der Waals surface area contributed by atoms with Crippen molar-refractivity contribution in [3.05, 3.63) is 64.4 Å². The Kier molecular flexibility index (Phi) is 3.92. The number of rotatable bonds is 2. The van der Waals surface area contributed by atoms with Gasteiger partial charge in [-0.05, 0) is 24.3 Å². The van der Waals surface area contributed by atoms with Crippen LogP contribution in [0.4, 0.5) is 0 Å². The molecule has 1 aliphatic heterocycles. The number of nitrogens with zero attached hydrogens (tertiary/aromatic N) is 2. The van der Waals surface area contributed by atoms with Gasteiger partial charge in [-0.3, -0.25) is 9.59 Å². The summed E-state index contributed by atoms with van der Waals surface area (Å²) in [5, 5.41) is 0.677. The van der Waals surface area contributed by atoms with Crippen molar-refractivity contribution >= 4 is 27.5 Å². The van der Waals surface area contributed by atoms with Gasteiger partial charge in [-0.15, -0.1) is 0 Å². The van der Waals surface area contributed by atoms with E-state index in [0.717, 1.165) is 4.70 Å². The zero-order valence-corrected chi connectivity index (χ0v) is 13.8. The number of aromatic nitrogens is 1. The highest BCUT2D eigenvalue weighted by Gasteiger charge is 2.22. The Morgan fingerprint density at radius 3 is 2.50 bits per heavy atom. The fourth-order valence-electron chi connectivity index (χ4n) is 2.90. The standard InChI is InChI=1S/C18H16N2O3S/c21-17(19-9-11-23-12-10-19)13-5-1-3-7-15(13)20-18(22)14-6-2-4-8-16(14)24-20/h1-8H,9-12H2. The molecule has 6 heteroatoms. The van der Waals surface area contributed by atoms with Crippen molar-refractivity contribution in [2.24, 2.45) is 0 Å². The van der Waals surface area contributed by atoms with Gasteiger partial charge in [0, 0.05) is 13.1 Å². The van der Waals surface area contributed by atoms with E-state index < -0.39 is 0 Å². The maximum absolute atomic E-state index is 12.9. The molecule has 0 radical (unpaired) electrons. The molecule has 0 aliphatic carbocycles. The van der Waals surface area contributed by atoms with Gasteiger partial charge in [0.15, 0.2) is 0 Å². The van der Waals surface area contributed by atoms with Gasteiger partial charge in [0.25, 0.3) is 11.5 Å². The van der Waals surface area contributed by atoms with Crippen molar-refractivity contribution in [1.29, 1.82) is 0 Å². The molecule has 122 valence electrons. The number of fused-ring (bicyclic) bond motifs is 1. The number of ether oxygens (including phenoxy) is 1. The largest absolute Gasteiger partial charge is 0.378 e. The van der Waals surface area contributed by atoms with E-state index in [4.69, 9.17) is 4.74 Å². The Hall–Kier alpha value is -2.44. The molecule has 1 amide bonds. The zero-order chi connectivity index (χ0) is 16.5. The zero-order valence-electron chi connectivity index (χ0n) is 13.0. The highest BCUT2D eigenvalue weighted by atomic mass is 32.1. The molecule has 1 aromatic heterocycles. The van der Waals surface area contributed by atoms with Crippen LogP contribution in [0.2, 0.25) is 0 Å². The fourth-order valence-corrected chi connectivity index (χ4v) is 3.93. The number of amides is 1. The molecular formula is C18H16N2O3S. The van der Waals surface area contributed by atoms with Gasteiger partial charge < -0.3 is 9.64 Å². The quantitative estimate of drug-likeness (QED) is 0.720. The predicted octanol–water partition coefficient (Wildman–Crippen LogP) is 2.52. The minimum atomic E-state index is -0.0853. The van der Waals surface area contributed by atoms with Crippen LogP contribution in [0.25, 0.3) is 15.8 Å². The van der Waals surface area contributed by atoms with Gasteiger partial charge >= 0.3 is 0 Å². The number of carbonyl (C=O) groups excluding carboxylic acids is 1. The first-order valence-corrected chi connectivity index (χ1v) is 8.60. The van der Waals surface area contributed by atoms with Crippen molar-refractivity contribution in [3.63, 3.8) is 0 Å². The van der Waals surface area contributed by atoms with Crippen molar-refractivity contribution < 1.29 is 9.53 Å². The molecule has 5 nitrogen and oxygen atoms in total. The SMILES string of the molecule is O=C(c1ccccc1-n1sc2ccccc2c1=O)N1CCOCC1. The summed E-state index contributed by atoms with van der Waals surface area (Å²) >= 11 is 1.36. The van der Waals surface area contributed by atoms with Gasteiger partial charge in [-0.25, -0.2) is 3.96 Å². The molecule has 0 unspecified atom stereocenters. The summed E-state index contributed by atoms with van der Waals surface area (Å²) in [6.07, 6.45) is 0. The van der Waals surface area contributed by atoms with Crippen LogP contribution < -0.4 is 5.56 Å². The van der Waals surface area contributed by atoms with E-state index in [1.165, 1.54) is 11.5 Å². The normalized spacial score (nSPS) is 14.9. The monoisotopic (exact) mass is 340 g/mol. The lowest BCUT2D eigenvalue weighted by molar-refractivity contribution is 0.0303. The minimum Gasteiger partial charge on any atom is -0.378 e. The number of morpholine rings is 1. The van der Waals surface area contributed by atoms with Crippen molar-refractivity contribution in [1.82, 2.24) is 8.86 Å². The molecule has 0 saturated carbocycles. The number of benzene rings is 2. The van der Waals surface area contributed by atoms with Crippen molar-refractivity contribution in [3.8, 4) is 5.69 Å². The first-order chi connectivity index (χ1) is 11.8. The summed E-state index contributed by atoms with van der Waals surface area (Å²) in [5.41, 5.74) is 1.10. The molecule has 24 heavy (non-hydrogen) atoms. The second kappa shape index (κ2) is 6.22. The summed E-state index contributed by atoms with van der Waals surface area (Å²) in [6, 6.07) is 14.8. The molecule has 0 N–H and O–H groups in total. The molecule has 1 saturated heterocycles. The Balaban J connectivity index is 1.82. The Labute approximate surface area is 142 Å². The molecule has 0 atom stereocenters. The number of carbonyl (C=O) groups is 1. The van der Waals surface area contributed by atoms with Crippen LogP contribution >= 0.6 is 11.5 Å². The van der Waals surface area contributed by atoms with E-state index in [1.54, 1.807) is 14.9 Å². The lowest BCUT2D eigenvalue weighted by atomic mass is 10.1. The summed E-state index contributed by atoms with van der Waals surface area (Å²) < 4.78 is 7.84. The Morgan fingerprint density at radius 2 is 1.71 bits per heavy atom. The third kappa shape index (κ3) is 2.53. The average Bonchev–Trinajstić information content (AvgIpc) is 2.99. The summed E-state index contributed by atoms with van der Waals surface area (Å²) in [4.78, 5) is 27.4. The average molecular weight is 340 g/mol. The van der Waals surface area contributed by atoms with Gasteiger partial charge in [0.2, 0.25) is 0 Å². The van der Waals surface area contributed by atoms with E-state index >= 15 is 0 Å². The smallest absolute Gasteiger partial charge is 0.273 e. The fraction of sp³-hybridized carbons (Fsp3) is 0.222. The third-order valence-corrected chi connectivity index (χ3v) is 5.24. The number of hydrogen-bond acceptors (Lipinski definition) is 4. The summed E-state index contributed by atoms with van der Waals surface area (Å²) in [5.74, 6) is -0.0572. The highest BCUT2D eigenvalue weighted by molar-refractivity contribution is 7.14. The predicted molar refractivity (Wildman–Crippen MR) is 94.1 cm³/mol. The van der Waals surface area contributed by atoms with Gasteiger partial charge in [-0.2, -0.15) is 0 Å². The second-order valence-electron chi connectivity index (χ2n) is 5.61. The summed E-state index contributed by atoms with van der Waals surface area (Å²) in [6.45, 7) is 2.26. The maximum Gasteiger partial charge on any atom is 0.273 e. The van der Waals surface area contributed by atoms with E-state index in [1.807, 2.05) is 42.5 Å². The van der Waals surface area contributed by atoms with Crippen LogP contribution in [0.1, 0.15) is 10.4 Å². The first-order valence-electron chi connectivity index (χ1n) is 7.83. The molecule has 2 aromatic carbocycles. The van der Waals surface area contributed by atoms with Crippen LogP contribution in [-0.4, -0.2) is 41.1 Å². The highest BCUT2D eigenvalue weighted by Crippen LogP contribution is 2.23. The topological polar surface area (TPSA) is 51.5 Å². The summed E-state index contributed by atoms with van der Waals surface area (Å²) in [7, 11) is 0. The van der Waals surface area contributed by atoms with Gasteiger partial charge in [-0.1, -0.05) is 35.8 Å². The molecule has 1 aliphatic rings. The number of para-hydroxylation sites is 1. The van der Waals surface area contributed by atoms with E-state index in [9.17, 15) is 9.59 Å². The molecule has 0 spiro atoms.